The molecular formula is C12H18FNO3S. The minimum absolute atomic E-state index is 0.0264. The van der Waals surface area contributed by atoms with Gasteiger partial charge in [-0.2, -0.15) is 0 Å². The highest BCUT2D eigenvalue weighted by atomic mass is 32.2. The van der Waals surface area contributed by atoms with Gasteiger partial charge < -0.3 is 10.1 Å². The van der Waals surface area contributed by atoms with Gasteiger partial charge in [-0.25, -0.2) is 12.8 Å². The van der Waals surface area contributed by atoms with Gasteiger partial charge in [0.25, 0.3) is 0 Å². The molecule has 0 aliphatic heterocycles. The van der Waals surface area contributed by atoms with Crippen molar-refractivity contribution in [3.8, 4) is 5.75 Å². The standard InChI is InChI=1S/C12H18FNO3S/c1-9(8-18(3,15)16)14-7-10-5-4-6-11(17-2)12(10)13/h4-6,9,14H,7-8H2,1-3H3. The van der Waals surface area contributed by atoms with Gasteiger partial charge in [-0.15, -0.1) is 0 Å². The molecule has 0 saturated carbocycles. The Kier molecular flexibility index (Phi) is 5.10. The molecule has 1 N–H and O–H groups in total. The van der Waals surface area contributed by atoms with Gasteiger partial charge >= 0.3 is 0 Å². The Labute approximate surface area is 107 Å². The molecule has 0 saturated heterocycles. The molecule has 1 aromatic carbocycles. The molecule has 0 amide bonds. The van der Waals surface area contributed by atoms with Crippen LogP contribution in [0.2, 0.25) is 0 Å². The van der Waals surface area contributed by atoms with Crippen molar-refractivity contribution in [2.75, 3.05) is 19.1 Å². The summed E-state index contributed by atoms with van der Waals surface area (Å²) in [6.07, 6.45) is 1.18. The number of halogens is 1. The highest BCUT2D eigenvalue weighted by Gasteiger charge is 2.12. The average molecular weight is 275 g/mol. The largest absolute Gasteiger partial charge is 0.494 e. The molecule has 0 heterocycles. The molecular weight excluding hydrogens is 257 g/mol. The van der Waals surface area contributed by atoms with Crippen LogP contribution in [0.25, 0.3) is 0 Å². The van der Waals surface area contributed by atoms with Crippen molar-refractivity contribution >= 4 is 9.84 Å². The van der Waals surface area contributed by atoms with Crippen LogP contribution in [0.3, 0.4) is 0 Å². The minimum atomic E-state index is -3.03. The van der Waals surface area contributed by atoms with E-state index in [2.05, 4.69) is 5.32 Å². The first-order valence-electron chi connectivity index (χ1n) is 5.56. The van der Waals surface area contributed by atoms with Crippen LogP contribution in [0.4, 0.5) is 4.39 Å². The lowest BCUT2D eigenvalue weighted by atomic mass is 10.2. The lowest BCUT2D eigenvalue weighted by molar-refractivity contribution is 0.383. The number of nitrogens with one attached hydrogen (secondary N) is 1. The quantitative estimate of drug-likeness (QED) is 0.851. The molecule has 6 heteroatoms. The summed E-state index contributed by atoms with van der Waals surface area (Å²) >= 11 is 0. The Bertz CT molecular complexity index is 502. The molecule has 0 aliphatic rings. The number of benzene rings is 1. The maximum Gasteiger partial charge on any atom is 0.169 e. The molecule has 0 radical (unpaired) electrons. The predicted octanol–water partition coefficient (Wildman–Crippen LogP) is 1.36. The molecule has 4 nitrogen and oxygen atoms in total. The number of ether oxygens (including phenoxy) is 1. The summed E-state index contributed by atoms with van der Waals surface area (Å²) in [5.41, 5.74) is 0.453. The molecule has 0 bridgehead atoms. The van der Waals surface area contributed by atoms with E-state index < -0.39 is 15.7 Å². The molecule has 0 aliphatic carbocycles. The maximum absolute atomic E-state index is 13.8. The fraction of sp³-hybridized carbons (Fsp3) is 0.500. The topological polar surface area (TPSA) is 55.4 Å². The first kappa shape index (κ1) is 14.9. The zero-order chi connectivity index (χ0) is 13.8. The van der Waals surface area contributed by atoms with Gasteiger partial charge in [0.15, 0.2) is 11.6 Å². The van der Waals surface area contributed by atoms with Crippen LogP contribution in [0.15, 0.2) is 18.2 Å². The molecule has 102 valence electrons. The van der Waals surface area contributed by atoms with Crippen LogP contribution in [0.5, 0.6) is 5.75 Å². The van der Waals surface area contributed by atoms with Crippen molar-refractivity contribution < 1.29 is 17.5 Å². The third-order valence-electron chi connectivity index (χ3n) is 2.46. The molecule has 1 rings (SSSR count). The van der Waals surface area contributed by atoms with Crippen LogP contribution in [0.1, 0.15) is 12.5 Å². The van der Waals surface area contributed by atoms with Crippen molar-refractivity contribution in [3.63, 3.8) is 0 Å². The van der Waals surface area contributed by atoms with Crippen LogP contribution in [-0.4, -0.2) is 33.6 Å². The van der Waals surface area contributed by atoms with Gasteiger partial charge in [0.05, 0.1) is 12.9 Å². The van der Waals surface area contributed by atoms with Gasteiger partial charge in [0.2, 0.25) is 0 Å². The van der Waals surface area contributed by atoms with E-state index in [-0.39, 0.29) is 24.1 Å². The lowest BCUT2D eigenvalue weighted by Gasteiger charge is -2.13. The van der Waals surface area contributed by atoms with Gasteiger partial charge in [-0.1, -0.05) is 12.1 Å². The van der Waals surface area contributed by atoms with E-state index in [0.717, 1.165) is 0 Å². The SMILES string of the molecule is COc1cccc(CNC(C)CS(C)(=O)=O)c1F. The van der Waals surface area contributed by atoms with Gasteiger partial charge in [0, 0.05) is 24.4 Å². The van der Waals surface area contributed by atoms with Crippen LogP contribution in [-0.2, 0) is 16.4 Å². The second kappa shape index (κ2) is 6.15. The van der Waals surface area contributed by atoms with Crippen molar-refractivity contribution in [2.45, 2.75) is 19.5 Å². The summed E-state index contributed by atoms with van der Waals surface area (Å²) < 4.78 is 40.8. The third-order valence-corrected chi connectivity index (χ3v) is 3.56. The second-order valence-electron chi connectivity index (χ2n) is 4.31. The minimum Gasteiger partial charge on any atom is -0.494 e. The van der Waals surface area contributed by atoms with Gasteiger partial charge in [-0.3, -0.25) is 0 Å². The summed E-state index contributed by atoms with van der Waals surface area (Å²) in [5, 5.41) is 2.97. The Morgan fingerprint density at radius 2 is 2.11 bits per heavy atom. The molecule has 1 atom stereocenters. The van der Waals surface area contributed by atoms with E-state index in [1.807, 2.05) is 0 Å². The van der Waals surface area contributed by atoms with E-state index in [9.17, 15) is 12.8 Å². The summed E-state index contributed by atoms with van der Waals surface area (Å²) in [6.45, 7) is 2.01. The van der Waals surface area contributed by atoms with Gasteiger partial charge in [-0.05, 0) is 13.0 Å². The molecule has 18 heavy (non-hydrogen) atoms. The normalized spacial score (nSPS) is 13.3. The van der Waals surface area contributed by atoms with Crippen molar-refractivity contribution in [1.82, 2.24) is 5.32 Å². The van der Waals surface area contributed by atoms with Crippen molar-refractivity contribution in [3.05, 3.63) is 29.6 Å². The molecule has 0 spiro atoms. The first-order chi connectivity index (χ1) is 8.33. The Balaban J connectivity index is 2.64. The third kappa shape index (κ3) is 4.62. The smallest absolute Gasteiger partial charge is 0.169 e. The fourth-order valence-electron chi connectivity index (χ4n) is 1.65. The Morgan fingerprint density at radius 1 is 1.44 bits per heavy atom. The summed E-state index contributed by atoms with van der Waals surface area (Å²) in [5.74, 6) is -0.206. The van der Waals surface area contributed by atoms with Crippen LogP contribution in [0, 0.1) is 5.82 Å². The number of methoxy groups -OCH3 is 1. The Hall–Kier alpha value is -1.14. The van der Waals surface area contributed by atoms with E-state index in [0.29, 0.717) is 5.56 Å². The van der Waals surface area contributed by atoms with Crippen LogP contribution < -0.4 is 10.1 Å². The second-order valence-corrected chi connectivity index (χ2v) is 6.49. The van der Waals surface area contributed by atoms with Crippen LogP contribution >= 0.6 is 0 Å². The first-order valence-corrected chi connectivity index (χ1v) is 7.62. The summed E-state index contributed by atoms with van der Waals surface area (Å²) in [4.78, 5) is 0. The van der Waals surface area contributed by atoms with Crippen molar-refractivity contribution in [1.29, 1.82) is 0 Å². The fourth-order valence-corrected chi connectivity index (χ4v) is 2.67. The van der Waals surface area contributed by atoms with Crippen molar-refractivity contribution in [2.24, 2.45) is 0 Å². The highest BCUT2D eigenvalue weighted by Crippen LogP contribution is 2.19. The summed E-state index contributed by atoms with van der Waals surface area (Å²) in [6, 6.07) is 4.64. The Morgan fingerprint density at radius 3 is 2.67 bits per heavy atom. The number of sulfone groups is 1. The van der Waals surface area contributed by atoms with Gasteiger partial charge in [0.1, 0.15) is 9.84 Å². The molecule has 0 fully saturated rings. The monoisotopic (exact) mass is 275 g/mol. The van der Waals surface area contributed by atoms with E-state index in [1.54, 1.807) is 25.1 Å². The predicted molar refractivity (Wildman–Crippen MR) is 69.0 cm³/mol. The maximum atomic E-state index is 13.8. The highest BCUT2D eigenvalue weighted by molar-refractivity contribution is 7.90. The number of hydrogen-bond acceptors (Lipinski definition) is 4. The zero-order valence-corrected chi connectivity index (χ0v) is 11.6. The summed E-state index contributed by atoms with van der Waals surface area (Å²) in [7, 11) is -1.63. The number of hydrogen-bond donors (Lipinski definition) is 1. The average Bonchev–Trinajstić information content (AvgIpc) is 2.25. The van der Waals surface area contributed by atoms with E-state index in [1.165, 1.54) is 13.4 Å². The van der Waals surface area contributed by atoms with E-state index in [4.69, 9.17) is 4.74 Å². The molecule has 0 aromatic heterocycles. The molecule has 1 aromatic rings. The molecule has 1 unspecified atom stereocenters. The lowest BCUT2D eigenvalue weighted by Crippen LogP contribution is -2.32. The van der Waals surface area contributed by atoms with E-state index >= 15 is 0 Å². The zero-order valence-electron chi connectivity index (χ0n) is 10.7. The number of rotatable bonds is 6.